The summed E-state index contributed by atoms with van der Waals surface area (Å²) in [6.45, 7) is 13.9. The maximum absolute atomic E-state index is 12.8. The van der Waals surface area contributed by atoms with Crippen molar-refractivity contribution in [1.82, 2.24) is 15.7 Å². The van der Waals surface area contributed by atoms with Crippen LogP contribution in [0.2, 0.25) is 0 Å². The van der Waals surface area contributed by atoms with E-state index in [1.54, 1.807) is 16.9 Å². The lowest BCUT2D eigenvalue weighted by Gasteiger charge is -2.22. The van der Waals surface area contributed by atoms with Gasteiger partial charge in [0.25, 0.3) is 11.8 Å². The highest BCUT2D eigenvalue weighted by Gasteiger charge is 2.37. The molecule has 2 atom stereocenters. The van der Waals surface area contributed by atoms with Crippen molar-refractivity contribution in [3.05, 3.63) is 119 Å². The molecule has 14 nitrogen and oxygen atoms in total. The van der Waals surface area contributed by atoms with Gasteiger partial charge in [0, 0.05) is 52.6 Å². The normalized spacial score (nSPS) is 14.5. The van der Waals surface area contributed by atoms with E-state index in [9.17, 15) is 33.9 Å². The van der Waals surface area contributed by atoms with Gasteiger partial charge in [-0.25, -0.2) is 19.2 Å². The Labute approximate surface area is 413 Å². The Morgan fingerprint density at radius 3 is 1.31 bits per heavy atom. The fraction of sp³-hybridized carbons (Fsp3) is 0.380. The van der Waals surface area contributed by atoms with Gasteiger partial charge in [0.05, 0.1) is 6.07 Å². The van der Waals surface area contributed by atoms with Crippen molar-refractivity contribution >= 4 is 79.1 Å². The number of nitriles is 1. The van der Waals surface area contributed by atoms with Crippen LogP contribution in [-0.2, 0) is 33.5 Å². The Bertz CT molecular complexity index is 2400. The van der Waals surface area contributed by atoms with E-state index in [0.29, 0.717) is 5.06 Å². The topological polar surface area (TPSA) is 201 Å². The lowest BCUT2D eigenvalue weighted by Crippen LogP contribution is -2.47. The number of carboxylic acids is 1. The molecule has 0 saturated carbocycles. The molecule has 0 spiro atoms. The Kier molecular flexibility index (Phi) is 19.3. The summed E-state index contributed by atoms with van der Waals surface area (Å²) in [4.78, 5) is 78.1. The number of hydrogen-bond acceptors (Lipinski definition) is 14. The first-order valence-corrected chi connectivity index (χ1v) is 26.4. The van der Waals surface area contributed by atoms with Gasteiger partial charge >= 0.3 is 24.1 Å². The fourth-order valence-electron chi connectivity index (χ4n) is 7.28. The highest BCUT2D eigenvalue weighted by molar-refractivity contribution is 8.77. The van der Waals surface area contributed by atoms with Gasteiger partial charge in [0.2, 0.25) is 0 Å². The summed E-state index contributed by atoms with van der Waals surface area (Å²) in [7, 11) is 5.93. The number of amides is 4. The van der Waals surface area contributed by atoms with Gasteiger partial charge < -0.3 is 30.1 Å². The molecule has 7 rings (SSSR count). The average molecular weight is 1000 g/mol. The number of carbonyl (C=O) groups is 6. The maximum Gasteiger partial charge on any atom is 0.407 e. The Balaban J connectivity index is 0.000000245. The highest BCUT2D eigenvalue weighted by atomic mass is 33.1. The lowest BCUT2D eigenvalue weighted by atomic mass is 9.98. The number of carboxylic acid groups (broad SMARTS) is 1. The summed E-state index contributed by atoms with van der Waals surface area (Å²) in [5, 5.41) is 22.2. The van der Waals surface area contributed by atoms with Gasteiger partial charge in [0.1, 0.15) is 25.3 Å². The summed E-state index contributed by atoms with van der Waals surface area (Å²) in [6, 6.07) is 31.8. The molecule has 68 heavy (non-hydrogen) atoms. The molecule has 1 fully saturated rings. The van der Waals surface area contributed by atoms with E-state index in [0.717, 1.165) is 44.5 Å². The minimum Gasteiger partial charge on any atom is -0.480 e. The van der Waals surface area contributed by atoms with Crippen LogP contribution in [0, 0.1) is 11.3 Å². The second-order valence-corrected chi connectivity index (χ2v) is 23.9. The summed E-state index contributed by atoms with van der Waals surface area (Å²) >= 11 is 0. The number of ether oxygens (including phenoxy) is 2. The van der Waals surface area contributed by atoms with Crippen molar-refractivity contribution in [3.8, 4) is 28.3 Å². The number of nitrogens with one attached hydrogen (secondary N) is 2. The number of imide groups is 1. The molecule has 0 bridgehead atoms. The predicted octanol–water partition coefficient (Wildman–Crippen LogP) is 10.4. The number of fused-ring (bicyclic) bond motifs is 6. The minimum atomic E-state index is -1.11. The molecule has 4 amide bonds. The molecule has 18 heteroatoms. The molecule has 3 N–H and O–H groups in total. The maximum atomic E-state index is 12.8. The summed E-state index contributed by atoms with van der Waals surface area (Å²) in [5.41, 5.74) is 8.91. The molecule has 1 heterocycles. The number of alkyl carbamates (subject to hydrolysis) is 2. The third-order valence-electron chi connectivity index (χ3n) is 10.1. The van der Waals surface area contributed by atoms with Crippen LogP contribution < -0.4 is 10.6 Å². The van der Waals surface area contributed by atoms with E-state index >= 15 is 0 Å². The fourth-order valence-corrected chi connectivity index (χ4v) is 12.2. The van der Waals surface area contributed by atoms with Crippen LogP contribution in [0.3, 0.4) is 0 Å². The van der Waals surface area contributed by atoms with Crippen LogP contribution in [0.5, 0.6) is 0 Å². The SMILES string of the molecule is CC#N.CC(C)(C)SSCC(NC(=O)OCC1c2ccccc2-c2ccccc21)C(=O)O.CC(C)(C)SSCC(NC(=O)OCC1c2ccccc2-c2ccccc21)C(=O)ON1C(=O)CCC1=O. The second kappa shape index (κ2) is 24.6. The molecular formula is C50H56N4O10S4. The average Bonchev–Trinajstić information content (AvgIpc) is 3.91. The summed E-state index contributed by atoms with van der Waals surface area (Å²) in [5.74, 6) is -2.87. The molecule has 0 radical (unpaired) electrons. The van der Waals surface area contributed by atoms with Gasteiger partial charge in [-0.1, -0.05) is 182 Å². The first-order chi connectivity index (χ1) is 32.3. The van der Waals surface area contributed by atoms with Crippen LogP contribution in [0.1, 0.15) is 95.4 Å². The van der Waals surface area contributed by atoms with E-state index < -0.39 is 48.0 Å². The number of rotatable bonds is 15. The standard InChI is InChI=1S/C26H28N2O6S2.C22H25NO4S2.C2H3N/c1-26(2,3)36-35-15-21(24(31)34-28-22(29)12-13-23(28)30)27-25(32)33-14-20-18-10-6-4-8-16(18)17-9-5-7-11-19(17)20;1-22(2,3)29-28-13-19(20(24)25)23-21(26)27-12-18-16-10-6-4-8-14(16)15-9-5-7-11-17(15)18;1-2-3/h4-11,20-21H,12-15H2,1-3H3,(H,27,32);4-11,18-19H,12-13H2,1-3H3,(H,23,26)(H,24,25);1H3. The van der Waals surface area contributed by atoms with Crippen LogP contribution in [-0.4, -0.2) is 92.4 Å². The summed E-state index contributed by atoms with van der Waals surface area (Å²) in [6.07, 6.45) is -1.50. The number of benzene rings is 4. The number of hydrogen-bond donors (Lipinski definition) is 3. The van der Waals surface area contributed by atoms with Gasteiger partial charge in [-0.2, -0.15) is 5.26 Å². The molecule has 1 aliphatic heterocycles. The molecule has 4 aromatic rings. The van der Waals surface area contributed by atoms with Crippen LogP contribution in [0.25, 0.3) is 22.3 Å². The number of aliphatic carboxylic acids is 1. The summed E-state index contributed by atoms with van der Waals surface area (Å²) < 4.78 is 10.9. The number of carbonyl (C=O) groups excluding carboxylic acids is 5. The molecule has 0 aromatic heterocycles. The van der Waals surface area contributed by atoms with E-state index in [1.165, 1.54) is 39.3 Å². The van der Waals surface area contributed by atoms with Crippen molar-refractivity contribution in [1.29, 1.82) is 5.26 Å². The second-order valence-electron chi connectivity index (χ2n) is 17.6. The Morgan fingerprint density at radius 2 is 0.971 bits per heavy atom. The monoisotopic (exact) mass is 1000 g/mol. The van der Waals surface area contributed by atoms with Gasteiger partial charge in [-0.05, 0) is 44.5 Å². The van der Waals surface area contributed by atoms with E-state index in [-0.39, 0.29) is 58.9 Å². The lowest BCUT2D eigenvalue weighted by molar-refractivity contribution is -0.198. The van der Waals surface area contributed by atoms with Gasteiger partial charge in [-0.3, -0.25) is 9.59 Å². The van der Waals surface area contributed by atoms with Crippen molar-refractivity contribution in [2.24, 2.45) is 0 Å². The third kappa shape index (κ3) is 14.9. The van der Waals surface area contributed by atoms with E-state index in [2.05, 4.69) is 43.5 Å². The molecule has 2 unspecified atom stereocenters. The smallest absolute Gasteiger partial charge is 0.407 e. The molecule has 2 aliphatic carbocycles. The number of nitrogens with zero attached hydrogens (tertiary/aromatic N) is 2. The first-order valence-electron chi connectivity index (χ1n) is 21.8. The molecule has 360 valence electrons. The van der Waals surface area contributed by atoms with E-state index in [1.807, 2.05) is 106 Å². The largest absolute Gasteiger partial charge is 0.480 e. The zero-order valence-electron chi connectivity index (χ0n) is 38.9. The quantitative estimate of drug-likeness (QED) is 0.0749. The van der Waals surface area contributed by atoms with Crippen molar-refractivity contribution in [2.75, 3.05) is 24.7 Å². The zero-order valence-corrected chi connectivity index (χ0v) is 42.2. The van der Waals surface area contributed by atoms with Gasteiger partial charge in [0.15, 0.2) is 0 Å². The van der Waals surface area contributed by atoms with Crippen molar-refractivity contribution < 1.29 is 48.2 Å². The van der Waals surface area contributed by atoms with Crippen molar-refractivity contribution in [2.45, 2.75) is 94.7 Å². The highest BCUT2D eigenvalue weighted by Crippen LogP contribution is 2.46. The van der Waals surface area contributed by atoms with Crippen LogP contribution in [0.4, 0.5) is 9.59 Å². The predicted molar refractivity (Wildman–Crippen MR) is 270 cm³/mol. The minimum absolute atomic E-state index is 0.00872. The Morgan fingerprint density at radius 1 is 0.647 bits per heavy atom. The van der Waals surface area contributed by atoms with Crippen LogP contribution >= 0.6 is 43.2 Å². The van der Waals surface area contributed by atoms with E-state index in [4.69, 9.17) is 19.6 Å². The first kappa shape index (κ1) is 53.3. The molecule has 4 aromatic carbocycles. The molecule has 1 saturated heterocycles. The van der Waals surface area contributed by atoms with Gasteiger partial charge in [-0.15, -0.1) is 5.06 Å². The molecule has 3 aliphatic rings. The zero-order chi connectivity index (χ0) is 49.6. The van der Waals surface area contributed by atoms with Crippen molar-refractivity contribution in [3.63, 3.8) is 0 Å². The van der Waals surface area contributed by atoms with Crippen LogP contribution in [0.15, 0.2) is 97.1 Å². The third-order valence-corrected chi connectivity index (χ3v) is 16.8. The number of hydroxylamine groups is 2. The molecular weight excluding hydrogens is 945 g/mol. The Hall–Kier alpha value is -5.61.